The molecule has 36 heavy (non-hydrogen) atoms. The van der Waals surface area contributed by atoms with E-state index < -0.39 is 26.0 Å². The molecule has 0 aliphatic carbocycles. The zero-order valence-corrected chi connectivity index (χ0v) is 22.7. The summed E-state index contributed by atoms with van der Waals surface area (Å²) >= 11 is 0. The molecule has 0 fully saturated rings. The van der Waals surface area contributed by atoms with Gasteiger partial charge in [-0.1, -0.05) is 58.9 Å². The van der Waals surface area contributed by atoms with Crippen molar-refractivity contribution < 1.29 is 25.4 Å². The van der Waals surface area contributed by atoms with Crippen molar-refractivity contribution in [2.75, 3.05) is 6.54 Å². The first-order valence-corrected chi connectivity index (χ1v) is 14.4. The first-order chi connectivity index (χ1) is 16.7. The van der Waals surface area contributed by atoms with E-state index in [2.05, 4.69) is 20.8 Å². The number of hydrogen-bond acceptors (Lipinski definition) is 5. The Balaban J connectivity index is 1.87. The minimum atomic E-state index is -4.18. The fourth-order valence-electron chi connectivity index (χ4n) is 3.61. The molecule has 0 saturated heterocycles. The van der Waals surface area contributed by atoms with E-state index in [0.717, 1.165) is 29.8 Å². The molecule has 0 N–H and O–H groups in total. The highest BCUT2D eigenvalue weighted by molar-refractivity contribution is 7.89. The molecule has 0 unspecified atom stereocenters. The summed E-state index contributed by atoms with van der Waals surface area (Å²) in [4.78, 5) is 0.0134. The van der Waals surface area contributed by atoms with Crippen LogP contribution in [0.1, 0.15) is 45.7 Å². The minimum absolute atomic E-state index is 0.0354. The van der Waals surface area contributed by atoms with Crippen molar-refractivity contribution in [2.45, 2.75) is 56.4 Å². The molecule has 3 aromatic carbocycles. The van der Waals surface area contributed by atoms with Crippen LogP contribution in [0.5, 0.6) is 5.75 Å². The van der Waals surface area contributed by atoms with Gasteiger partial charge in [-0.05, 0) is 71.0 Å². The van der Waals surface area contributed by atoms with Crippen LogP contribution in [0.15, 0.2) is 82.6 Å². The lowest BCUT2D eigenvalue weighted by atomic mass is 9.87. The Labute approximate surface area is 213 Å². The summed E-state index contributed by atoms with van der Waals surface area (Å²) in [6.45, 7) is 10.4. The van der Waals surface area contributed by atoms with E-state index in [4.69, 9.17) is 4.18 Å². The van der Waals surface area contributed by atoms with Crippen molar-refractivity contribution in [2.24, 2.45) is 5.92 Å². The molecule has 0 heterocycles. The van der Waals surface area contributed by atoms with Crippen LogP contribution in [-0.4, -0.2) is 27.7 Å². The van der Waals surface area contributed by atoms with E-state index in [1.807, 2.05) is 26.0 Å². The van der Waals surface area contributed by atoms with E-state index in [0.29, 0.717) is 5.56 Å². The van der Waals surface area contributed by atoms with Gasteiger partial charge in [0.15, 0.2) is 0 Å². The summed E-state index contributed by atoms with van der Waals surface area (Å²) in [6.07, 6.45) is 0. The van der Waals surface area contributed by atoms with Gasteiger partial charge in [-0.3, -0.25) is 0 Å². The molecule has 194 valence electrons. The number of halogens is 1. The van der Waals surface area contributed by atoms with E-state index in [1.54, 1.807) is 24.3 Å². The molecule has 0 spiro atoms. The van der Waals surface area contributed by atoms with Crippen LogP contribution in [-0.2, 0) is 32.1 Å². The fraction of sp³-hybridized carbons (Fsp3) is 0.333. The maximum atomic E-state index is 13.5. The molecule has 3 aromatic rings. The second kappa shape index (κ2) is 10.7. The molecule has 6 nitrogen and oxygen atoms in total. The Morgan fingerprint density at radius 2 is 1.44 bits per heavy atom. The minimum Gasteiger partial charge on any atom is -0.379 e. The van der Waals surface area contributed by atoms with Crippen molar-refractivity contribution in [3.63, 3.8) is 0 Å². The molecule has 0 atom stereocenters. The highest BCUT2D eigenvalue weighted by Gasteiger charge is 2.26. The summed E-state index contributed by atoms with van der Waals surface area (Å²) in [5.74, 6) is -0.462. The lowest BCUT2D eigenvalue weighted by Crippen LogP contribution is -2.33. The first-order valence-electron chi connectivity index (χ1n) is 11.6. The zero-order chi connectivity index (χ0) is 26.7. The summed E-state index contributed by atoms with van der Waals surface area (Å²) in [5, 5.41) is 0. The van der Waals surface area contributed by atoms with E-state index in [9.17, 15) is 21.2 Å². The molecule has 3 rings (SSSR count). The fourth-order valence-corrected chi connectivity index (χ4v) is 6.12. The molecule has 0 aliphatic heterocycles. The van der Waals surface area contributed by atoms with Crippen molar-refractivity contribution >= 4 is 20.1 Å². The summed E-state index contributed by atoms with van der Waals surface area (Å²) < 4.78 is 72.0. The number of sulfonamides is 1. The van der Waals surface area contributed by atoms with Crippen LogP contribution in [0, 0.1) is 11.7 Å². The van der Waals surface area contributed by atoms with E-state index in [1.165, 1.54) is 16.4 Å². The molecule has 0 aromatic heterocycles. The quantitative estimate of drug-likeness (QED) is 0.328. The zero-order valence-electron chi connectivity index (χ0n) is 21.1. The number of benzene rings is 3. The van der Waals surface area contributed by atoms with Gasteiger partial charge in [0.1, 0.15) is 16.5 Å². The van der Waals surface area contributed by atoms with Crippen LogP contribution in [0.4, 0.5) is 4.39 Å². The molecule has 0 amide bonds. The van der Waals surface area contributed by atoms with Crippen molar-refractivity contribution in [1.82, 2.24) is 4.31 Å². The highest BCUT2D eigenvalue weighted by atomic mass is 32.2. The Morgan fingerprint density at radius 1 is 0.861 bits per heavy atom. The van der Waals surface area contributed by atoms with Crippen LogP contribution in [0.25, 0.3) is 0 Å². The van der Waals surface area contributed by atoms with Gasteiger partial charge in [-0.25, -0.2) is 12.8 Å². The Kier molecular flexibility index (Phi) is 8.27. The van der Waals surface area contributed by atoms with Crippen LogP contribution in [0.2, 0.25) is 0 Å². The van der Waals surface area contributed by atoms with Crippen LogP contribution in [0.3, 0.4) is 0 Å². The lowest BCUT2D eigenvalue weighted by molar-refractivity contribution is 0.361. The third-order valence-corrected chi connectivity index (χ3v) is 8.58. The van der Waals surface area contributed by atoms with Crippen molar-refractivity contribution in [3.05, 3.63) is 89.7 Å². The summed E-state index contributed by atoms with van der Waals surface area (Å²) in [5.41, 5.74) is 1.50. The van der Waals surface area contributed by atoms with Gasteiger partial charge in [0.05, 0.1) is 4.90 Å². The maximum Gasteiger partial charge on any atom is 0.339 e. The normalized spacial score (nSPS) is 12.8. The molecule has 0 saturated carbocycles. The van der Waals surface area contributed by atoms with Crippen molar-refractivity contribution in [1.29, 1.82) is 0 Å². The lowest BCUT2D eigenvalue weighted by Gasteiger charge is -2.25. The molecular weight excluding hydrogens is 501 g/mol. The monoisotopic (exact) mass is 533 g/mol. The second-order valence-electron chi connectivity index (χ2n) is 10.1. The predicted molar refractivity (Wildman–Crippen MR) is 138 cm³/mol. The van der Waals surface area contributed by atoms with Gasteiger partial charge in [-0.2, -0.15) is 12.7 Å². The Hall–Kier alpha value is -2.75. The standard InChI is InChI=1S/C27H32FNO5S2/c1-20(2)18-29(35(30,31)25-13-9-22(10-14-25)27(3,4)5)19-21-7-6-8-24(17-21)34-36(32,33)26-15-11-23(28)12-16-26/h6-17,20H,18-19H2,1-5H3. The van der Waals surface area contributed by atoms with Crippen LogP contribution >= 0.6 is 0 Å². The van der Waals surface area contributed by atoms with Gasteiger partial charge in [0.25, 0.3) is 0 Å². The molecule has 0 bridgehead atoms. The SMILES string of the molecule is CC(C)CN(Cc1cccc(OS(=O)(=O)c2ccc(F)cc2)c1)S(=O)(=O)c1ccc(C(C)(C)C)cc1. The number of rotatable bonds is 9. The number of nitrogens with zero attached hydrogens (tertiary/aromatic N) is 1. The average Bonchev–Trinajstić information content (AvgIpc) is 2.78. The largest absolute Gasteiger partial charge is 0.379 e. The molecular formula is C27H32FNO5S2. The topological polar surface area (TPSA) is 80.8 Å². The third kappa shape index (κ3) is 6.93. The van der Waals surface area contributed by atoms with Crippen molar-refractivity contribution in [3.8, 4) is 5.75 Å². The molecule has 0 radical (unpaired) electrons. The smallest absolute Gasteiger partial charge is 0.339 e. The molecule has 0 aliphatic rings. The van der Waals surface area contributed by atoms with E-state index in [-0.39, 0.29) is 40.0 Å². The highest BCUT2D eigenvalue weighted by Crippen LogP contribution is 2.27. The second-order valence-corrected chi connectivity index (χ2v) is 13.6. The maximum absolute atomic E-state index is 13.5. The number of hydrogen-bond donors (Lipinski definition) is 0. The molecule has 9 heteroatoms. The average molecular weight is 534 g/mol. The van der Waals surface area contributed by atoms with Gasteiger partial charge in [0.2, 0.25) is 10.0 Å². The van der Waals surface area contributed by atoms with Gasteiger partial charge < -0.3 is 4.18 Å². The Morgan fingerprint density at radius 3 is 2.00 bits per heavy atom. The first kappa shape index (κ1) is 27.8. The van der Waals surface area contributed by atoms with Gasteiger partial charge in [0, 0.05) is 13.1 Å². The van der Waals surface area contributed by atoms with Gasteiger partial charge in [-0.15, -0.1) is 0 Å². The summed E-state index contributed by atoms with van der Waals surface area (Å²) in [6, 6.07) is 17.5. The van der Waals surface area contributed by atoms with Crippen LogP contribution < -0.4 is 4.18 Å². The summed E-state index contributed by atoms with van der Waals surface area (Å²) in [7, 11) is -7.99. The third-order valence-electron chi connectivity index (χ3n) is 5.49. The van der Waals surface area contributed by atoms with E-state index >= 15 is 0 Å². The predicted octanol–water partition coefficient (Wildman–Crippen LogP) is 5.74. The Bertz CT molecular complexity index is 1390. The van der Waals surface area contributed by atoms with Gasteiger partial charge >= 0.3 is 10.1 Å².